The van der Waals surface area contributed by atoms with Crippen LogP contribution in [-0.4, -0.2) is 18.6 Å². The first kappa shape index (κ1) is 10.5. The lowest BCUT2D eigenvalue weighted by molar-refractivity contribution is -0.149. The van der Waals surface area contributed by atoms with Crippen molar-refractivity contribution in [3.8, 4) is 0 Å². The van der Waals surface area contributed by atoms with Gasteiger partial charge in [0.2, 0.25) is 0 Å². The van der Waals surface area contributed by atoms with Crippen LogP contribution in [-0.2, 0) is 9.53 Å². The normalized spacial score (nSPS) is 23.6. The van der Waals surface area contributed by atoms with Gasteiger partial charge in [0.25, 0.3) is 0 Å². The van der Waals surface area contributed by atoms with Crippen LogP contribution in [0.15, 0.2) is 0 Å². The van der Waals surface area contributed by atoms with E-state index < -0.39 is 5.54 Å². The number of nitrogens with two attached hydrogens (primary N) is 1. The molecule has 3 heteroatoms. The molecule has 0 heterocycles. The molecule has 0 amide bonds. The van der Waals surface area contributed by atoms with Crippen LogP contribution in [0.5, 0.6) is 0 Å². The van der Waals surface area contributed by atoms with Crippen molar-refractivity contribution in [1.82, 2.24) is 0 Å². The first-order valence-corrected chi connectivity index (χ1v) is 4.96. The third-order valence-electron chi connectivity index (χ3n) is 3.08. The van der Waals surface area contributed by atoms with Gasteiger partial charge in [-0.1, -0.05) is 19.3 Å². The number of methoxy groups -OCH3 is 1. The van der Waals surface area contributed by atoms with Crippen molar-refractivity contribution in [3.05, 3.63) is 0 Å². The molecule has 0 aliphatic heterocycles. The van der Waals surface area contributed by atoms with E-state index in [-0.39, 0.29) is 5.97 Å². The summed E-state index contributed by atoms with van der Waals surface area (Å²) in [5.74, 6) is 0.0214. The predicted octanol–water partition coefficient (Wildman–Crippen LogP) is 1.46. The Bertz CT molecular complexity index is 183. The SMILES string of the molecule is COC(=O)[C@](C)(N)C1CCCCC1. The molecule has 0 aromatic carbocycles. The number of esters is 1. The predicted molar refractivity (Wildman–Crippen MR) is 51.2 cm³/mol. The number of rotatable bonds is 2. The Labute approximate surface area is 79.6 Å². The average molecular weight is 185 g/mol. The lowest BCUT2D eigenvalue weighted by Crippen LogP contribution is -2.52. The highest BCUT2D eigenvalue weighted by molar-refractivity contribution is 5.80. The Balaban J connectivity index is 2.60. The van der Waals surface area contributed by atoms with Crippen LogP contribution in [0.3, 0.4) is 0 Å². The highest BCUT2D eigenvalue weighted by Crippen LogP contribution is 2.31. The molecule has 1 fully saturated rings. The number of hydrogen-bond donors (Lipinski definition) is 1. The molecule has 3 nitrogen and oxygen atoms in total. The van der Waals surface area contributed by atoms with Gasteiger partial charge in [-0.2, -0.15) is 0 Å². The quantitative estimate of drug-likeness (QED) is 0.662. The van der Waals surface area contributed by atoms with E-state index in [1.54, 1.807) is 6.92 Å². The molecule has 1 saturated carbocycles. The molecule has 2 N–H and O–H groups in total. The molecule has 0 aromatic heterocycles. The molecule has 0 radical (unpaired) electrons. The summed E-state index contributed by atoms with van der Waals surface area (Å²) < 4.78 is 4.70. The van der Waals surface area contributed by atoms with Crippen molar-refractivity contribution in [3.63, 3.8) is 0 Å². The van der Waals surface area contributed by atoms with Crippen LogP contribution in [0.1, 0.15) is 39.0 Å². The van der Waals surface area contributed by atoms with Crippen molar-refractivity contribution in [1.29, 1.82) is 0 Å². The third-order valence-corrected chi connectivity index (χ3v) is 3.08. The van der Waals surface area contributed by atoms with Crippen molar-refractivity contribution >= 4 is 5.97 Å². The summed E-state index contributed by atoms with van der Waals surface area (Å²) in [5, 5.41) is 0. The van der Waals surface area contributed by atoms with E-state index in [4.69, 9.17) is 10.5 Å². The van der Waals surface area contributed by atoms with E-state index in [0.717, 1.165) is 12.8 Å². The van der Waals surface area contributed by atoms with Gasteiger partial charge in [0, 0.05) is 0 Å². The Hall–Kier alpha value is -0.570. The molecule has 76 valence electrons. The molecule has 0 spiro atoms. The zero-order valence-electron chi connectivity index (χ0n) is 8.51. The van der Waals surface area contributed by atoms with Gasteiger partial charge in [-0.15, -0.1) is 0 Å². The van der Waals surface area contributed by atoms with E-state index in [0.29, 0.717) is 5.92 Å². The summed E-state index contributed by atoms with van der Waals surface area (Å²) in [5.41, 5.74) is 5.19. The zero-order chi connectivity index (χ0) is 9.90. The Morgan fingerprint density at radius 2 is 1.92 bits per heavy atom. The van der Waals surface area contributed by atoms with Crippen LogP contribution >= 0.6 is 0 Å². The van der Waals surface area contributed by atoms with Crippen LogP contribution in [0.2, 0.25) is 0 Å². The van der Waals surface area contributed by atoms with Gasteiger partial charge >= 0.3 is 5.97 Å². The summed E-state index contributed by atoms with van der Waals surface area (Å²) in [6.45, 7) is 1.79. The Morgan fingerprint density at radius 1 is 1.38 bits per heavy atom. The van der Waals surface area contributed by atoms with Gasteiger partial charge in [0.15, 0.2) is 0 Å². The minimum atomic E-state index is -0.783. The first-order chi connectivity index (χ1) is 6.09. The summed E-state index contributed by atoms with van der Waals surface area (Å²) in [4.78, 5) is 11.4. The van der Waals surface area contributed by atoms with Crippen LogP contribution in [0.4, 0.5) is 0 Å². The Morgan fingerprint density at radius 3 is 2.38 bits per heavy atom. The van der Waals surface area contributed by atoms with Crippen molar-refractivity contribution in [2.75, 3.05) is 7.11 Å². The maximum absolute atomic E-state index is 11.4. The number of hydrogen-bond acceptors (Lipinski definition) is 3. The topological polar surface area (TPSA) is 52.3 Å². The molecule has 1 rings (SSSR count). The first-order valence-electron chi connectivity index (χ1n) is 4.96. The van der Waals surface area contributed by atoms with E-state index >= 15 is 0 Å². The molecular formula is C10H19NO2. The lowest BCUT2D eigenvalue weighted by Gasteiger charge is -2.34. The van der Waals surface area contributed by atoms with Crippen LogP contribution in [0.25, 0.3) is 0 Å². The molecule has 1 aliphatic rings. The molecule has 0 unspecified atom stereocenters. The summed E-state index contributed by atoms with van der Waals surface area (Å²) in [7, 11) is 1.40. The van der Waals surface area contributed by atoms with Gasteiger partial charge in [-0.3, -0.25) is 4.79 Å². The minimum absolute atomic E-state index is 0.278. The standard InChI is InChI=1S/C10H19NO2/c1-10(11,9(12)13-2)8-6-4-3-5-7-8/h8H,3-7,11H2,1-2H3/t10-/m1/s1. The smallest absolute Gasteiger partial charge is 0.325 e. The fraction of sp³-hybridized carbons (Fsp3) is 0.900. The molecule has 1 atom stereocenters. The van der Waals surface area contributed by atoms with Gasteiger partial charge < -0.3 is 10.5 Å². The fourth-order valence-electron chi connectivity index (χ4n) is 2.09. The van der Waals surface area contributed by atoms with Crippen LogP contribution < -0.4 is 5.73 Å². The van der Waals surface area contributed by atoms with E-state index in [1.807, 2.05) is 0 Å². The minimum Gasteiger partial charge on any atom is -0.468 e. The van der Waals surface area contributed by atoms with Gasteiger partial charge in [0.1, 0.15) is 5.54 Å². The number of ether oxygens (including phenoxy) is 1. The second kappa shape index (κ2) is 4.09. The maximum atomic E-state index is 11.4. The van der Waals surface area contributed by atoms with E-state index in [2.05, 4.69) is 0 Å². The second-order valence-electron chi connectivity index (χ2n) is 4.11. The monoisotopic (exact) mass is 185 g/mol. The molecule has 0 saturated heterocycles. The largest absolute Gasteiger partial charge is 0.468 e. The Kier molecular flexibility index (Phi) is 3.31. The summed E-state index contributed by atoms with van der Waals surface area (Å²) in [6.07, 6.45) is 5.76. The van der Waals surface area contributed by atoms with E-state index in [9.17, 15) is 4.79 Å². The second-order valence-corrected chi connectivity index (χ2v) is 4.11. The lowest BCUT2D eigenvalue weighted by atomic mass is 9.76. The van der Waals surface area contributed by atoms with Gasteiger partial charge in [-0.05, 0) is 25.7 Å². The number of carbonyl (C=O) groups excluding carboxylic acids is 1. The number of carbonyl (C=O) groups is 1. The summed E-state index contributed by atoms with van der Waals surface area (Å²) >= 11 is 0. The molecule has 0 bridgehead atoms. The summed E-state index contributed by atoms with van der Waals surface area (Å²) in [6, 6.07) is 0. The third kappa shape index (κ3) is 2.21. The molecule has 0 aromatic rings. The fourth-order valence-corrected chi connectivity index (χ4v) is 2.09. The van der Waals surface area contributed by atoms with Crippen molar-refractivity contribution in [2.45, 2.75) is 44.6 Å². The molecule has 1 aliphatic carbocycles. The van der Waals surface area contributed by atoms with Crippen LogP contribution in [0, 0.1) is 5.92 Å². The van der Waals surface area contributed by atoms with Gasteiger partial charge in [-0.25, -0.2) is 0 Å². The molecule has 13 heavy (non-hydrogen) atoms. The maximum Gasteiger partial charge on any atom is 0.325 e. The van der Waals surface area contributed by atoms with Gasteiger partial charge in [0.05, 0.1) is 7.11 Å². The molecular weight excluding hydrogens is 166 g/mol. The highest BCUT2D eigenvalue weighted by atomic mass is 16.5. The van der Waals surface area contributed by atoms with Crippen molar-refractivity contribution < 1.29 is 9.53 Å². The van der Waals surface area contributed by atoms with Crippen molar-refractivity contribution in [2.24, 2.45) is 11.7 Å². The zero-order valence-corrected chi connectivity index (χ0v) is 8.51. The average Bonchev–Trinajstić information content (AvgIpc) is 2.18. The highest BCUT2D eigenvalue weighted by Gasteiger charge is 2.38. The van der Waals surface area contributed by atoms with E-state index in [1.165, 1.54) is 26.4 Å².